The number of rotatable bonds is 5. The van der Waals surface area contributed by atoms with Crippen LogP contribution in [0.5, 0.6) is 5.75 Å². The van der Waals surface area contributed by atoms with Crippen molar-refractivity contribution < 1.29 is 14.3 Å². The Hall–Kier alpha value is -2.89. The van der Waals surface area contributed by atoms with E-state index in [-0.39, 0.29) is 18.4 Å². The molecule has 1 aromatic carbocycles. The molecular weight excluding hydrogens is 294 g/mol. The van der Waals surface area contributed by atoms with Crippen molar-refractivity contribution in [3.63, 3.8) is 0 Å². The fraction of sp³-hybridized carbons (Fsp3) is 0.235. The monoisotopic (exact) mass is 311 g/mol. The molecule has 1 aliphatic rings. The predicted molar refractivity (Wildman–Crippen MR) is 86.4 cm³/mol. The van der Waals surface area contributed by atoms with E-state index in [2.05, 4.69) is 10.3 Å². The number of hydrogen-bond donors (Lipinski definition) is 1. The lowest BCUT2D eigenvalue weighted by Gasteiger charge is -2.16. The molecule has 2 heterocycles. The number of aromatic nitrogens is 1. The number of amides is 2. The van der Waals surface area contributed by atoms with Gasteiger partial charge in [-0.15, -0.1) is 0 Å². The molecule has 1 fully saturated rings. The zero-order valence-electron chi connectivity index (χ0n) is 12.6. The van der Waals surface area contributed by atoms with Crippen LogP contribution in [-0.4, -0.2) is 29.9 Å². The molecule has 1 N–H and O–H groups in total. The Labute approximate surface area is 134 Å². The number of carbonyl (C=O) groups is 2. The second-order valence-corrected chi connectivity index (χ2v) is 5.22. The van der Waals surface area contributed by atoms with Gasteiger partial charge < -0.3 is 15.0 Å². The molecule has 0 aliphatic carbocycles. The average molecular weight is 311 g/mol. The molecule has 6 nitrogen and oxygen atoms in total. The maximum atomic E-state index is 11.8. The minimum Gasteiger partial charge on any atom is -0.484 e. The number of carbonyl (C=O) groups excluding carboxylic acids is 2. The number of anilines is 2. The zero-order valence-corrected chi connectivity index (χ0v) is 12.6. The van der Waals surface area contributed by atoms with E-state index < -0.39 is 0 Å². The van der Waals surface area contributed by atoms with E-state index in [0.717, 1.165) is 18.7 Å². The van der Waals surface area contributed by atoms with E-state index in [1.807, 2.05) is 12.1 Å². The highest BCUT2D eigenvalue weighted by atomic mass is 16.5. The van der Waals surface area contributed by atoms with Crippen molar-refractivity contribution in [3.8, 4) is 5.75 Å². The number of ether oxygens (including phenoxy) is 1. The van der Waals surface area contributed by atoms with Crippen molar-refractivity contribution >= 4 is 23.2 Å². The minimum absolute atomic E-state index is 0.0864. The molecule has 3 rings (SSSR count). The summed E-state index contributed by atoms with van der Waals surface area (Å²) in [5, 5.41) is 2.69. The van der Waals surface area contributed by atoms with Crippen molar-refractivity contribution in [3.05, 3.63) is 48.8 Å². The zero-order chi connectivity index (χ0) is 16.1. The lowest BCUT2D eigenvalue weighted by molar-refractivity contribution is -0.118. The smallest absolute Gasteiger partial charge is 0.262 e. The lowest BCUT2D eigenvalue weighted by Crippen LogP contribution is -2.23. The summed E-state index contributed by atoms with van der Waals surface area (Å²) in [4.78, 5) is 29.2. The Balaban J connectivity index is 1.52. The topological polar surface area (TPSA) is 71.5 Å². The van der Waals surface area contributed by atoms with Crippen LogP contribution in [0.15, 0.2) is 48.8 Å². The molecule has 0 bridgehead atoms. The van der Waals surface area contributed by atoms with E-state index in [4.69, 9.17) is 4.74 Å². The molecule has 0 saturated carbocycles. The van der Waals surface area contributed by atoms with Crippen molar-refractivity contribution in [1.29, 1.82) is 0 Å². The Morgan fingerprint density at radius 1 is 1.26 bits per heavy atom. The summed E-state index contributed by atoms with van der Waals surface area (Å²) in [6, 6.07) is 10.7. The SMILES string of the molecule is O=C(COc1ccc(N2CCCC2=O)cc1)Nc1cccnc1. The first kappa shape index (κ1) is 15.0. The molecule has 1 aromatic heterocycles. The van der Waals surface area contributed by atoms with Gasteiger partial charge in [0.05, 0.1) is 11.9 Å². The summed E-state index contributed by atoms with van der Waals surface area (Å²) in [6.07, 6.45) is 4.71. The third kappa shape index (κ3) is 3.85. The first-order valence-corrected chi connectivity index (χ1v) is 7.45. The van der Waals surface area contributed by atoms with Gasteiger partial charge in [-0.25, -0.2) is 0 Å². The molecule has 0 unspecified atom stereocenters. The molecule has 2 aromatic rings. The van der Waals surface area contributed by atoms with Gasteiger partial charge >= 0.3 is 0 Å². The summed E-state index contributed by atoms with van der Waals surface area (Å²) < 4.78 is 5.45. The Morgan fingerprint density at radius 3 is 2.74 bits per heavy atom. The highest BCUT2D eigenvalue weighted by molar-refractivity contribution is 5.95. The summed E-state index contributed by atoms with van der Waals surface area (Å²) in [5.41, 5.74) is 1.49. The largest absolute Gasteiger partial charge is 0.484 e. The summed E-state index contributed by atoms with van der Waals surface area (Å²) >= 11 is 0. The first-order chi connectivity index (χ1) is 11.2. The van der Waals surface area contributed by atoms with Crippen LogP contribution in [0.2, 0.25) is 0 Å². The quantitative estimate of drug-likeness (QED) is 0.919. The van der Waals surface area contributed by atoms with Gasteiger partial charge in [-0.1, -0.05) is 0 Å². The molecule has 0 atom stereocenters. The number of hydrogen-bond acceptors (Lipinski definition) is 4. The van der Waals surface area contributed by atoms with Gasteiger partial charge in [0.1, 0.15) is 5.75 Å². The van der Waals surface area contributed by atoms with Gasteiger partial charge in [0.2, 0.25) is 5.91 Å². The summed E-state index contributed by atoms with van der Waals surface area (Å²) in [7, 11) is 0. The third-order valence-corrected chi connectivity index (χ3v) is 3.54. The Kier molecular flexibility index (Phi) is 4.52. The van der Waals surface area contributed by atoms with E-state index in [9.17, 15) is 9.59 Å². The van der Waals surface area contributed by atoms with E-state index in [1.165, 1.54) is 0 Å². The molecule has 1 aliphatic heterocycles. The van der Waals surface area contributed by atoms with Crippen LogP contribution in [-0.2, 0) is 9.59 Å². The van der Waals surface area contributed by atoms with Crippen LogP contribution < -0.4 is 15.0 Å². The van der Waals surface area contributed by atoms with Gasteiger partial charge in [0.25, 0.3) is 5.91 Å². The van der Waals surface area contributed by atoms with Gasteiger partial charge in [-0.05, 0) is 42.8 Å². The van der Waals surface area contributed by atoms with Crippen molar-refractivity contribution in [2.75, 3.05) is 23.4 Å². The van der Waals surface area contributed by atoms with Crippen LogP contribution in [0.3, 0.4) is 0 Å². The highest BCUT2D eigenvalue weighted by Gasteiger charge is 2.21. The van der Waals surface area contributed by atoms with Crippen LogP contribution >= 0.6 is 0 Å². The number of pyridine rings is 1. The predicted octanol–water partition coefficient (Wildman–Crippen LogP) is 2.23. The lowest BCUT2D eigenvalue weighted by atomic mass is 10.3. The van der Waals surface area contributed by atoms with Gasteiger partial charge in [-0.2, -0.15) is 0 Å². The summed E-state index contributed by atoms with van der Waals surface area (Å²) in [5.74, 6) is 0.480. The molecule has 118 valence electrons. The number of benzene rings is 1. The molecule has 0 radical (unpaired) electrons. The van der Waals surface area contributed by atoms with Crippen LogP contribution in [0.25, 0.3) is 0 Å². The van der Waals surface area contributed by atoms with Crippen LogP contribution in [0.1, 0.15) is 12.8 Å². The van der Waals surface area contributed by atoms with Gasteiger partial charge in [0.15, 0.2) is 6.61 Å². The minimum atomic E-state index is -0.253. The average Bonchev–Trinajstić information content (AvgIpc) is 3.00. The van der Waals surface area contributed by atoms with Gasteiger partial charge in [-0.3, -0.25) is 14.6 Å². The summed E-state index contributed by atoms with van der Waals surface area (Å²) in [6.45, 7) is 0.670. The first-order valence-electron chi connectivity index (χ1n) is 7.45. The fourth-order valence-corrected chi connectivity index (χ4v) is 2.43. The normalized spacial score (nSPS) is 13.9. The number of nitrogens with zero attached hydrogens (tertiary/aromatic N) is 2. The maximum absolute atomic E-state index is 11.8. The van der Waals surface area contributed by atoms with E-state index in [0.29, 0.717) is 17.9 Å². The molecule has 2 amide bonds. The molecule has 23 heavy (non-hydrogen) atoms. The van der Waals surface area contributed by atoms with Crippen molar-refractivity contribution in [1.82, 2.24) is 4.98 Å². The second kappa shape index (κ2) is 6.91. The van der Waals surface area contributed by atoms with E-state index in [1.54, 1.807) is 41.6 Å². The Bertz CT molecular complexity index is 686. The molecule has 0 spiro atoms. The van der Waals surface area contributed by atoms with Crippen LogP contribution in [0, 0.1) is 0 Å². The fourth-order valence-electron chi connectivity index (χ4n) is 2.43. The molecular formula is C17H17N3O3. The molecule has 1 saturated heterocycles. The van der Waals surface area contributed by atoms with E-state index >= 15 is 0 Å². The standard InChI is InChI=1S/C17H17N3O3/c21-16(19-13-3-1-9-18-11-13)12-23-15-7-5-14(6-8-15)20-10-2-4-17(20)22/h1,3,5-9,11H,2,4,10,12H2,(H,19,21). The van der Waals surface area contributed by atoms with Crippen LogP contribution in [0.4, 0.5) is 11.4 Å². The maximum Gasteiger partial charge on any atom is 0.262 e. The third-order valence-electron chi connectivity index (χ3n) is 3.54. The Morgan fingerprint density at radius 2 is 2.09 bits per heavy atom. The molecule has 6 heteroatoms. The second-order valence-electron chi connectivity index (χ2n) is 5.22. The number of nitrogens with one attached hydrogen (secondary N) is 1. The van der Waals surface area contributed by atoms with Gasteiger partial charge in [0, 0.05) is 24.8 Å². The van der Waals surface area contributed by atoms with Crippen molar-refractivity contribution in [2.45, 2.75) is 12.8 Å². The van der Waals surface area contributed by atoms with Crippen molar-refractivity contribution in [2.24, 2.45) is 0 Å². The highest BCUT2D eigenvalue weighted by Crippen LogP contribution is 2.23.